The molecule has 1 N–H and O–H groups in total. The minimum atomic E-state index is -3.34. The van der Waals surface area contributed by atoms with E-state index in [0.29, 0.717) is 29.9 Å². The molecule has 22 heavy (non-hydrogen) atoms. The SMILES string of the molecule is Cc1ccc(S(=O)(=O)N2CCC(C3CCCN3)CC2)c(C)c1. The number of sulfonamides is 1. The Labute approximate surface area is 134 Å². The lowest BCUT2D eigenvalue weighted by molar-refractivity contribution is 0.234. The molecule has 1 aromatic carbocycles. The quantitative estimate of drug-likeness (QED) is 0.930. The van der Waals surface area contributed by atoms with Crippen LogP contribution in [-0.4, -0.2) is 38.4 Å². The first-order chi connectivity index (χ1) is 10.5. The third kappa shape index (κ3) is 3.07. The van der Waals surface area contributed by atoms with Gasteiger partial charge in [-0.05, 0) is 63.6 Å². The Hall–Kier alpha value is -0.910. The van der Waals surface area contributed by atoms with Gasteiger partial charge in [0.05, 0.1) is 4.90 Å². The first-order valence-corrected chi connectivity index (χ1v) is 9.73. The second-order valence-electron chi connectivity index (χ2n) is 6.71. The Balaban J connectivity index is 1.71. The van der Waals surface area contributed by atoms with Gasteiger partial charge in [-0.15, -0.1) is 0 Å². The first-order valence-electron chi connectivity index (χ1n) is 8.29. The highest BCUT2D eigenvalue weighted by Gasteiger charge is 2.33. The number of hydrogen-bond donors (Lipinski definition) is 1. The van der Waals surface area contributed by atoms with Crippen molar-refractivity contribution in [3.05, 3.63) is 29.3 Å². The maximum absolute atomic E-state index is 12.9. The van der Waals surface area contributed by atoms with Crippen molar-refractivity contribution in [1.82, 2.24) is 9.62 Å². The zero-order valence-corrected chi connectivity index (χ0v) is 14.3. The molecule has 0 aliphatic carbocycles. The van der Waals surface area contributed by atoms with Crippen molar-refractivity contribution in [3.8, 4) is 0 Å². The molecule has 122 valence electrons. The van der Waals surface area contributed by atoms with Gasteiger partial charge in [0.15, 0.2) is 0 Å². The number of hydrogen-bond acceptors (Lipinski definition) is 3. The van der Waals surface area contributed by atoms with Crippen LogP contribution in [0.25, 0.3) is 0 Å². The van der Waals surface area contributed by atoms with Crippen LogP contribution in [0.5, 0.6) is 0 Å². The highest BCUT2D eigenvalue weighted by Crippen LogP contribution is 2.29. The molecule has 4 nitrogen and oxygen atoms in total. The van der Waals surface area contributed by atoms with E-state index in [9.17, 15) is 8.42 Å². The fourth-order valence-corrected chi connectivity index (χ4v) is 5.54. The minimum absolute atomic E-state index is 0.468. The van der Waals surface area contributed by atoms with Gasteiger partial charge in [-0.3, -0.25) is 0 Å². The Morgan fingerprint density at radius 2 is 1.86 bits per heavy atom. The van der Waals surface area contributed by atoms with Gasteiger partial charge in [0.2, 0.25) is 10.0 Å². The van der Waals surface area contributed by atoms with Crippen LogP contribution in [-0.2, 0) is 10.0 Å². The third-order valence-electron chi connectivity index (χ3n) is 5.11. The molecule has 0 aromatic heterocycles. The van der Waals surface area contributed by atoms with Gasteiger partial charge in [0.1, 0.15) is 0 Å². The van der Waals surface area contributed by atoms with Crippen LogP contribution < -0.4 is 5.32 Å². The summed E-state index contributed by atoms with van der Waals surface area (Å²) in [5.41, 5.74) is 1.95. The largest absolute Gasteiger partial charge is 0.314 e. The molecular weight excluding hydrogens is 296 g/mol. The van der Waals surface area contributed by atoms with Crippen molar-refractivity contribution in [1.29, 1.82) is 0 Å². The molecule has 2 aliphatic rings. The molecule has 3 rings (SSSR count). The first kappa shape index (κ1) is 16.0. The summed E-state index contributed by atoms with van der Waals surface area (Å²) in [6.07, 6.45) is 4.45. The second-order valence-corrected chi connectivity index (χ2v) is 8.62. The van der Waals surface area contributed by atoms with Crippen LogP contribution in [0, 0.1) is 19.8 Å². The molecule has 0 amide bonds. The van der Waals surface area contributed by atoms with E-state index in [0.717, 1.165) is 30.5 Å². The van der Waals surface area contributed by atoms with E-state index in [-0.39, 0.29) is 0 Å². The maximum Gasteiger partial charge on any atom is 0.243 e. The lowest BCUT2D eigenvalue weighted by atomic mass is 9.89. The van der Waals surface area contributed by atoms with Gasteiger partial charge >= 0.3 is 0 Å². The molecule has 1 aromatic rings. The molecule has 0 bridgehead atoms. The average Bonchev–Trinajstić information content (AvgIpc) is 3.01. The van der Waals surface area contributed by atoms with E-state index in [1.54, 1.807) is 10.4 Å². The summed E-state index contributed by atoms with van der Waals surface area (Å²) >= 11 is 0. The highest BCUT2D eigenvalue weighted by atomic mass is 32.2. The normalized spacial score (nSPS) is 24.7. The van der Waals surface area contributed by atoms with Crippen LogP contribution in [0.1, 0.15) is 36.8 Å². The molecule has 5 heteroatoms. The van der Waals surface area contributed by atoms with Gasteiger partial charge in [-0.2, -0.15) is 4.31 Å². The third-order valence-corrected chi connectivity index (χ3v) is 7.17. The van der Waals surface area contributed by atoms with Gasteiger partial charge in [-0.1, -0.05) is 17.7 Å². The molecule has 0 spiro atoms. The Bertz CT molecular complexity index is 628. The standard InChI is InChI=1S/C17H26N2O2S/c1-13-5-6-17(14(2)12-13)22(20,21)19-10-7-15(8-11-19)16-4-3-9-18-16/h5-6,12,15-16,18H,3-4,7-11H2,1-2H3. The smallest absolute Gasteiger partial charge is 0.243 e. The van der Waals surface area contributed by atoms with Crippen LogP contribution in [0.4, 0.5) is 0 Å². The Morgan fingerprint density at radius 1 is 1.14 bits per heavy atom. The summed E-state index contributed by atoms with van der Waals surface area (Å²) in [4.78, 5) is 0.468. The monoisotopic (exact) mass is 322 g/mol. The molecule has 2 aliphatic heterocycles. The number of nitrogens with one attached hydrogen (secondary N) is 1. The van der Waals surface area contributed by atoms with Crippen LogP contribution in [0.15, 0.2) is 23.1 Å². The summed E-state index contributed by atoms with van der Waals surface area (Å²) in [5.74, 6) is 0.632. The zero-order valence-electron chi connectivity index (χ0n) is 13.5. The number of nitrogens with zero attached hydrogens (tertiary/aromatic N) is 1. The Morgan fingerprint density at radius 3 is 2.45 bits per heavy atom. The summed E-state index contributed by atoms with van der Waals surface area (Å²) in [5, 5.41) is 3.56. The molecule has 1 unspecified atom stereocenters. The minimum Gasteiger partial charge on any atom is -0.314 e. The van der Waals surface area contributed by atoms with Crippen molar-refractivity contribution in [2.75, 3.05) is 19.6 Å². The van der Waals surface area contributed by atoms with Crippen molar-refractivity contribution in [2.24, 2.45) is 5.92 Å². The van der Waals surface area contributed by atoms with E-state index >= 15 is 0 Å². The fraction of sp³-hybridized carbons (Fsp3) is 0.647. The van der Waals surface area contributed by atoms with Crippen LogP contribution >= 0.6 is 0 Å². The lowest BCUT2D eigenvalue weighted by Gasteiger charge is -2.34. The van der Waals surface area contributed by atoms with Gasteiger partial charge < -0.3 is 5.32 Å². The predicted molar refractivity (Wildman–Crippen MR) is 88.4 cm³/mol. The van der Waals surface area contributed by atoms with Crippen molar-refractivity contribution in [2.45, 2.75) is 50.5 Å². The van der Waals surface area contributed by atoms with E-state index in [1.807, 2.05) is 26.0 Å². The van der Waals surface area contributed by atoms with Crippen molar-refractivity contribution >= 4 is 10.0 Å². The molecule has 2 heterocycles. The fourth-order valence-electron chi connectivity index (χ4n) is 3.86. The predicted octanol–water partition coefficient (Wildman–Crippen LogP) is 2.46. The maximum atomic E-state index is 12.9. The van der Waals surface area contributed by atoms with E-state index in [1.165, 1.54) is 12.8 Å². The second kappa shape index (κ2) is 6.30. The molecular formula is C17H26N2O2S. The summed E-state index contributed by atoms with van der Waals surface area (Å²) in [6.45, 7) is 6.29. The molecule has 0 radical (unpaired) electrons. The molecule has 2 saturated heterocycles. The number of piperidine rings is 1. The summed E-state index contributed by atoms with van der Waals surface area (Å²) in [7, 11) is -3.34. The van der Waals surface area contributed by atoms with Gasteiger partial charge in [-0.25, -0.2) is 8.42 Å². The summed E-state index contributed by atoms with van der Waals surface area (Å²) < 4.78 is 27.4. The Kier molecular flexibility index (Phi) is 4.57. The molecule has 2 fully saturated rings. The lowest BCUT2D eigenvalue weighted by Crippen LogP contribution is -2.43. The van der Waals surface area contributed by atoms with Gasteiger partial charge in [0, 0.05) is 19.1 Å². The van der Waals surface area contributed by atoms with Crippen molar-refractivity contribution < 1.29 is 8.42 Å². The van der Waals surface area contributed by atoms with Crippen molar-refractivity contribution in [3.63, 3.8) is 0 Å². The number of benzene rings is 1. The van der Waals surface area contributed by atoms with E-state index < -0.39 is 10.0 Å². The topological polar surface area (TPSA) is 49.4 Å². The van der Waals surface area contributed by atoms with Crippen LogP contribution in [0.2, 0.25) is 0 Å². The zero-order chi connectivity index (χ0) is 15.7. The molecule has 0 saturated carbocycles. The van der Waals surface area contributed by atoms with E-state index in [4.69, 9.17) is 0 Å². The molecule has 1 atom stereocenters. The van der Waals surface area contributed by atoms with Gasteiger partial charge in [0.25, 0.3) is 0 Å². The number of aryl methyl sites for hydroxylation is 2. The average molecular weight is 322 g/mol. The summed E-state index contributed by atoms with van der Waals surface area (Å²) in [6, 6.07) is 6.19. The van der Waals surface area contributed by atoms with E-state index in [2.05, 4.69) is 5.32 Å². The highest BCUT2D eigenvalue weighted by molar-refractivity contribution is 7.89. The van der Waals surface area contributed by atoms with Crippen LogP contribution in [0.3, 0.4) is 0 Å². The number of rotatable bonds is 3.